The summed E-state index contributed by atoms with van der Waals surface area (Å²) in [4.78, 5) is 45.4. The number of esters is 4. The number of nitriles is 1. The second-order valence-electron chi connectivity index (χ2n) is 5.10. The van der Waals surface area contributed by atoms with E-state index in [1.165, 1.54) is 0 Å². The molecule has 0 rings (SSSR count). The van der Waals surface area contributed by atoms with Crippen LogP contribution in [0, 0.1) is 11.3 Å². The number of carbonyl (C=O) groups is 4. The van der Waals surface area contributed by atoms with Gasteiger partial charge in [-0.25, -0.2) is 0 Å². The highest BCUT2D eigenvalue weighted by molar-refractivity contribution is 5.68. The zero-order valence-corrected chi connectivity index (χ0v) is 15.3. The summed E-state index contributed by atoms with van der Waals surface area (Å²) in [5.41, 5.74) is 0. The fraction of sp³-hybridized carbons (Fsp3) is 0.688. The molecule has 0 unspecified atom stereocenters. The van der Waals surface area contributed by atoms with Crippen molar-refractivity contribution in [3.63, 3.8) is 0 Å². The molecule has 146 valence electrons. The molecule has 0 fully saturated rings. The second-order valence-corrected chi connectivity index (χ2v) is 5.10. The van der Waals surface area contributed by atoms with Crippen LogP contribution in [0.1, 0.15) is 34.6 Å². The van der Waals surface area contributed by atoms with Crippen LogP contribution in [0.3, 0.4) is 0 Å². The van der Waals surface area contributed by atoms with Crippen molar-refractivity contribution in [1.82, 2.24) is 0 Å². The van der Waals surface area contributed by atoms with Gasteiger partial charge in [0.1, 0.15) is 6.61 Å². The standard InChI is InChI=1S/C16H23NO9/c1-6-22-13(7-17)15(25-11(4)20)16(26-12(5)21)14(24-10(3)19)8-23-9(2)18/h13-16H,6,8H2,1-5H3/t13-,14+,15+,16+/m1/s1. The van der Waals surface area contributed by atoms with E-state index < -0.39 is 54.9 Å². The summed E-state index contributed by atoms with van der Waals surface area (Å²) in [5, 5.41) is 9.31. The Labute approximate surface area is 151 Å². The van der Waals surface area contributed by atoms with Crippen LogP contribution in [0.5, 0.6) is 0 Å². The Morgan fingerprint density at radius 1 is 0.846 bits per heavy atom. The topological polar surface area (TPSA) is 138 Å². The maximum atomic E-state index is 11.5. The van der Waals surface area contributed by atoms with Crippen molar-refractivity contribution in [2.75, 3.05) is 13.2 Å². The smallest absolute Gasteiger partial charge is 0.303 e. The monoisotopic (exact) mass is 373 g/mol. The Balaban J connectivity index is 5.89. The first kappa shape index (κ1) is 23.3. The van der Waals surface area contributed by atoms with E-state index in [1.807, 2.05) is 0 Å². The maximum absolute atomic E-state index is 11.5. The maximum Gasteiger partial charge on any atom is 0.303 e. The Bertz CT molecular complexity index is 554. The first-order valence-corrected chi connectivity index (χ1v) is 7.78. The van der Waals surface area contributed by atoms with Crippen LogP contribution in [0.15, 0.2) is 0 Å². The highest BCUT2D eigenvalue weighted by Gasteiger charge is 2.43. The van der Waals surface area contributed by atoms with E-state index in [1.54, 1.807) is 13.0 Å². The van der Waals surface area contributed by atoms with Crippen molar-refractivity contribution in [2.24, 2.45) is 0 Å². The third kappa shape index (κ3) is 8.98. The number of ether oxygens (including phenoxy) is 5. The number of hydrogen-bond donors (Lipinski definition) is 0. The molecule has 26 heavy (non-hydrogen) atoms. The van der Waals surface area contributed by atoms with Crippen LogP contribution in [-0.2, 0) is 42.9 Å². The third-order valence-electron chi connectivity index (χ3n) is 2.83. The summed E-state index contributed by atoms with van der Waals surface area (Å²) >= 11 is 0. The van der Waals surface area contributed by atoms with Gasteiger partial charge >= 0.3 is 23.9 Å². The average Bonchev–Trinajstić information content (AvgIpc) is 2.51. The van der Waals surface area contributed by atoms with Gasteiger partial charge in [-0.2, -0.15) is 5.26 Å². The summed E-state index contributed by atoms with van der Waals surface area (Å²) in [5.74, 6) is -3.00. The molecule has 0 saturated heterocycles. The van der Waals surface area contributed by atoms with Crippen molar-refractivity contribution >= 4 is 23.9 Å². The quantitative estimate of drug-likeness (QED) is 0.387. The first-order chi connectivity index (χ1) is 12.1. The number of rotatable bonds is 10. The summed E-state index contributed by atoms with van der Waals surface area (Å²) < 4.78 is 25.3. The lowest BCUT2D eigenvalue weighted by Gasteiger charge is -2.33. The lowest BCUT2D eigenvalue weighted by atomic mass is 10.0. The van der Waals surface area contributed by atoms with Crippen LogP contribution in [-0.4, -0.2) is 61.5 Å². The van der Waals surface area contributed by atoms with Gasteiger partial charge in [0.2, 0.25) is 0 Å². The number of hydrogen-bond acceptors (Lipinski definition) is 10. The van der Waals surface area contributed by atoms with Crippen LogP contribution in [0.25, 0.3) is 0 Å². The number of nitrogens with zero attached hydrogens (tertiary/aromatic N) is 1. The van der Waals surface area contributed by atoms with E-state index in [2.05, 4.69) is 0 Å². The molecule has 0 radical (unpaired) electrons. The Hall–Kier alpha value is -2.67. The molecule has 10 nitrogen and oxygen atoms in total. The molecule has 0 N–H and O–H groups in total. The van der Waals surface area contributed by atoms with Gasteiger partial charge in [0.15, 0.2) is 24.4 Å². The average molecular weight is 373 g/mol. The fourth-order valence-corrected chi connectivity index (χ4v) is 2.03. The van der Waals surface area contributed by atoms with Gasteiger partial charge in [-0.05, 0) is 6.92 Å². The molecule has 0 saturated carbocycles. The molecule has 0 heterocycles. The van der Waals surface area contributed by atoms with E-state index in [-0.39, 0.29) is 6.61 Å². The molecular weight excluding hydrogens is 350 g/mol. The SMILES string of the molecule is CCO[C@H](C#N)[C@H](OC(C)=O)[C@@H](OC(C)=O)[C@H](COC(C)=O)OC(C)=O. The molecule has 0 amide bonds. The normalized spacial score (nSPS) is 14.8. The molecule has 10 heteroatoms. The molecule has 0 aromatic rings. The van der Waals surface area contributed by atoms with Gasteiger partial charge in [-0.3, -0.25) is 19.2 Å². The summed E-state index contributed by atoms with van der Waals surface area (Å²) in [7, 11) is 0. The van der Waals surface area contributed by atoms with Crippen molar-refractivity contribution in [2.45, 2.75) is 59.0 Å². The third-order valence-corrected chi connectivity index (χ3v) is 2.83. The summed E-state index contributed by atoms with van der Waals surface area (Å²) in [6.45, 7) is 5.63. The van der Waals surface area contributed by atoms with Crippen molar-refractivity contribution in [3.05, 3.63) is 0 Å². The Morgan fingerprint density at radius 2 is 1.35 bits per heavy atom. The van der Waals surface area contributed by atoms with Gasteiger partial charge in [-0.1, -0.05) is 0 Å². The molecule has 0 aromatic carbocycles. The van der Waals surface area contributed by atoms with Gasteiger partial charge in [-0.15, -0.1) is 0 Å². The van der Waals surface area contributed by atoms with E-state index in [0.717, 1.165) is 27.7 Å². The zero-order valence-electron chi connectivity index (χ0n) is 15.3. The van der Waals surface area contributed by atoms with Gasteiger partial charge < -0.3 is 23.7 Å². The van der Waals surface area contributed by atoms with Crippen LogP contribution in [0.2, 0.25) is 0 Å². The molecule has 0 aliphatic carbocycles. The molecule has 0 spiro atoms. The van der Waals surface area contributed by atoms with Gasteiger partial charge in [0.25, 0.3) is 0 Å². The highest BCUT2D eigenvalue weighted by Crippen LogP contribution is 2.19. The zero-order chi connectivity index (χ0) is 20.3. The van der Waals surface area contributed by atoms with Crippen molar-refractivity contribution in [1.29, 1.82) is 5.26 Å². The fourth-order valence-electron chi connectivity index (χ4n) is 2.03. The molecular formula is C16H23NO9. The van der Waals surface area contributed by atoms with Crippen molar-refractivity contribution < 1.29 is 42.9 Å². The van der Waals surface area contributed by atoms with E-state index >= 15 is 0 Å². The predicted octanol–water partition coefficient (Wildman–Crippen LogP) is 0.273. The van der Waals surface area contributed by atoms with Crippen LogP contribution < -0.4 is 0 Å². The van der Waals surface area contributed by atoms with Crippen LogP contribution >= 0.6 is 0 Å². The van der Waals surface area contributed by atoms with Crippen LogP contribution in [0.4, 0.5) is 0 Å². The highest BCUT2D eigenvalue weighted by atomic mass is 16.6. The molecule has 4 atom stereocenters. The van der Waals surface area contributed by atoms with Crippen molar-refractivity contribution in [3.8, 4) is 6.07 Å². The molecule has 0 aromatic heterocycles. The first-order valence-electron chi connectivity index (χ1n) is 7.78. The predicted molar refractivity (Wildman–Crippen MR) is 84.3 cm³/mol. The van der Waals surface area contributed by atoms with E-state index in [9.17, 15) is 24.4 Å². The molecule has 0 aliphatic heterocycles. The summed E-state index contributed by atoms with van der Waals surface area (Å²) in [6.07, 6.45) is -5.48. The largest absolute Gasteiger partial charge is 0.462 e. The lowest BCUT2D eigenvalue weighted by molar-refractivity contribution is -0.197. The Kier molecular flexibility index (Phi) is 10.6. The number of carbonyl (C=O) groups excluding carboxylic acids is 4. The second kappa shape index (κ2) is 11.8. The van der Waals surface area contributed by atoms with Gasteiger partial charge in [0.05, 0.1) is 6.07 Å². The molecule has 0 bridgehead atoms. The molecule has 0 aliphatic rings. The minimum absolute atomic E-state index is 0.102. The van der Waals surface area contributed by atoms with Gasteiger partial charge in [0, 0.05) is 34.3 Å². The summed E-state index contributed by atoms with van der Waals surface area (Å²) in [6, 6.07) is 1.80. The minimum atomic E-state index is -1.43. The van der Waals surface area contributed by atoms with E-state index in [4.69, 9.17) is 23.7 Å². The van der Waals surface area contributed by atoms with E-state index in [0.29, 0.717) is 0 Å². The Morgan fingerprint density at radius 3 is 1.73 bits per heavy atom. The minimum Gasteiger partial charge on any atom is -0.462 e. The lowest BCUT2D eigenvalue weighted by Crippen LogP contribution is -2.52.